The molecule has 2 fully saturated rings. The molecule has 3 heterocycles. The molecule has 0 bridgehead atoms. The van der Waals surface area contributed by atoms with Crippen LogP contribution in [0.5, 0.6) is 0 Å². The molecule has 1 N–H and O–H groups in total. The minimum Gasteiger partial charge on any atom is -0.293 e. The zero-order valence-electron chi connectivity index (χ0n) is 16.9. The first-order chi connectivity index (χ1) is 15.0. The third-order valence-electron chi connectivity index (χ3n) is 6.46. The Balaban J connectivity index is 1.61. The van der Waals surface area contributed by atoms with E-state index in [4.69, 9.17) is 0 Å². The second-order valence-electron chi connectivity index (χ2n) is 8.20. The Labute approximate surface area is 179 Å². The van der Waals surface area contributed by atoms with E-state index in [0.717, 1.165) is 10.5 Å². The highest BCUT2D eigenvalue weighted by atomic mass is 16.2. The zero-order chi connectivity index (χ0) is 21.7. The highest BCUT2D eigenvalue weighted by molar-refractivity contribution is 6.24. The van der Waals surface area contributed by atoms with Gasteiger partial charge >= 0.3 is 0 Å². The number of hydrogen-bond donors (Lipinski definition) is 1. The van der Waals surface area contributed by atoms with Crippen LogP contribution in [0.2, 0.25) is 0 Å². The minimum absolute atomic E-state index is 0.168. The van der Waals surface area contributed by atoms with Crippen LogP contribution in [-0.2, 0) is 9.59 Å². The molecular formula is C25H20N3O3+. The molecule has 6 nitrogen and oxygen atoms in total. The van der Waals surface area contributed by atoms with Crippen LogP contribution in [0.1, 0.15) is 15.9 Å². The van der Waals surface area contributed by atoms with Gasteiger partial charge < -0.3 is 0 Å². The van der Waals surface area contributed by atoms with Crippen molar-refractivity contribution in [2.24, 2.45) is 11.8 Å². The lowest BCUT2D eigenvalue weighted by atomic mass is 9.86. The number of imide groups is 1. The average Bonchev–Trinajstić information content (AvgIpc) is 3.26. The van der Waals surface area contributed by atoms with Crippen molar-refractivity contribution >= 4 is 23.3 Å². The van der Waals surface area contributed by atoms with Crippen molar-refractivity contribution in [3.05, 3.63) is 89.6 Å². The zero-order valence-corrected chi connectivity index (χ0v) is 16.9. The van der Waals surface area contributed by atoms with Gasteiger partial charge in [-0.25, -0.2) is 4.90 Å². The number of Topliss-reactive ketones (excluding diaryl/α,β-unsaturated/α-hetero) is 1. The van der Waals surface area contributed by atoms with E-state index >= 15 is 0 Å². The number of nitrogens with one attached hydrogen (secondary N) is 1. The van der Waals surface area contributed by atoms with Crippen LogP contribution in [0, 0.1) is 30.1 Å². The summed E-state index contributed by atoms with van der Waals surface area (Å²) in [5.74, 6) is -2.29. The first-order valence-electron chi connectivity index (χ1n) is 10.2. The molecule has 0 spiro atoms. The van der Waals surface area contributed by atoms with Crippen molar-refractivity contribution in [2.45, 2.75) is 19.0 Å². The van der Waals surface area contributed by atoms with Crippen LogP contribution in [0.15, 0.2) is 78.5 Å². The molecule has 1 unspecified atom stereocenters. The van der Waals surface area contributed by atoms with E-state index in [1.54, 1.807) is 54.8 Å². The van der Waals surface area contributed by atoms with Gasteiger partial charge in [-0.1, -0.05) is 48.0 Å². The van der Waals surface area contributed by atoms with Crippen molar-refractivity contribution in [3.63, 3.8) is 0 Å². The predicted octanol–water partition coefficient (Wildman–Crippen LogP) is 1.60. The van der Waals surface area contributed by atoms with E-state index < -0.39 is 23.9 Å². The van der Waals surface area contributed by atoms with Crippen LogP contribution < -0.4 is 9.80 Å². The summed E-state index contributed by atoms with van der Waals surface area (Å²) in [7, 11) is 0. The molecule has 6 heteroatoms. The van der Waals surface area contributed by atoms with E-state index in [-0.39, 0.29) is 17.6 Å². The van der Waals surface area contributed by atoms with Crippen LogP contribution in [0.4, 0.5) is 5.69 Å². The maximum atomic E-state index is 13.6. The second kappa shape index (κ2) is 7.15. The number of hydrogen-bond acceptors (Lipinski definition) is 4. The van der Waals surface area contributed by atoms with Gasteiger partial charge in [-0.15, -0.1) is 0 Å². The molecule has 3 aliphatic heterocycles. The highest BCUT2D eigenvalue weighted by Crippen LogP contribution is 2.39. The smallest absolute Gasteiger partial charge is 0.244 e. The summed E-state index contributed by atoms with van der Waals surface area (Å²) >= 11 is 0. The van der Waals surface area contributed by atoms with Gasteiger partial charge in [0.05, 0.1) is 23.5 Å². The highest BCUT2D eigenvalue weighted by Gasteiger charge is 2.67. The third-order valence-corrected chi connectivity index (χ3v) is 6.46. The first-order valence-corrected chi connectivity index (χ1v) is 10.2. The van der Waals surface area contributed by atoms with Crippen LogP contribution >= 0.6 is 0 Å². The first kappa shape index (κ1) is 19.2. The lowest BCUT2D eigenvalue weighted by Gasteiger charge is -2.27. The number of fused-ring (bicyclic) bond motifs is 3. The quantitative estimate of drug-likeness (QED) is 0.616. The Bertz CT molecular complexity index is 1190. The van der Waals surface area contributed by atoms with Crippen LogP contribution in [-0.4, -0.2) is 29.7 Å². The van der Waals surface area contributed by atoms with Gasteiger partial charge in [0.15, 0.2) is 6.04 Å². The summed E-state index contributed by atoms with van der Waals surface area (Å²) in [6, 6.07) is 17.0. The van der Waals surface area contributed by atoms with Crippen LogP contribution in [0.3, 0.4) is 0 Å². The molecule has 2 amide bonds. The third kappa shape index (κ3) is 2.86. The summed E-state index contributed by atoms with van der Waals surface area (Å²) in [6.07, 6.45) is 5.14. The maximum Gasteiger partial charge on any atom is 0.244 e. The molecular weight excluding hydrogens is 390 g/mol. The monoisotopic (exact) mass is 410 g/mol. The summed E-state index contributed by atoms with van der Waals surface area (Å²) in [6.45, 7) is 1.94. The molecule has 152 valence electrons. The molecule has 3 aliphatic rings. The van der Waals surface area contributed by atoms with Crippen molar-refractivity contribution < 1.29 is 19.3 Å². The summed E-state index contributed by atoms with van der Waals surface area (Å²) in [5.41, 5.74) is 2.49. The molecule has 0 saturated carbocycles. The lowest BCUT2D eigenvalue weighted by Crippen LogP contribution is -3.15. The minimum atomic E-state index is -0.777. The van der Waals surface area contributed by atoms with Crippen molar-refractivity contribution in [1.29, 1.82) is 5.26 Å². The van der Waals surface area contributed by atoms with Crippen molar-refractivity contribution in [1.82, 2.24) is 0 Å². The topological polar surface area (TPSA) is 82.7 Å². The number of allylic oxidation sites excluding steroid dienone is 2. The van der Waals surface area contributed by atoms with Crippen molar-refractivity contribution in [2.75, 3.05) is 4.90 Å². The molecule has 2 saturated heterocycles. The number of benzene rings is 2. The predicted molar refractivity (Wildman–Crippen MR) is 113 cm³/mol. The molecule has 0 aromatic heterocycles. The molecule has 5 atom stereocenters. The van der Waals surface area contributed by atoms with Gasteiger partial charge in [0, 0.05) is 11.6 Å². The largest absolute Gasteiger partial charge is 0.293 e. The number of carbonyl (C=O) groups is 3. The number of aryl methyl sites for hydroxylation is 1. The number of rotatable bonds is 3. The van der Waals surface area contributed by atoms with Gasteiger partial charge in [-0.3, -0.25) is 19.3 Å². The standard InChI is InChI=1S/C25H19N3O3/c1-15-7-9-18(10-8-15)28-24(30)20-19-13-16(14-26)11-12-27(19)22(21(20)25(28)31)23(29)17-5-3-2-4-6-17/h2-13,19-22H,1H3/p+1/t19-,20+,21-,22+/m1/s1. The van der Waals surface area contributed by atoms with Crippen LogP contribution in [0.25, 0.3) is 0 Å². The molecule has 5 rings (SSSR count). The van der Waals surface area contributed by atoms with E-state index in [9.17, 15) is 19.6 Å². The fraction of sp³-hybridized carbons (Fsp3) is 0.200. The number of nitrogens with zero attached hydrogens (tertiary/aromatic N) is 2. The Kier molecular flexibility index (Phi) is 4.42. The molecule has 31 heavy (non-hydrogen) atoms. The Morgan fingerprint density at radius 3 is 2.35 bits per heavy atom. The molecule has 0 radical (unpaired) electrons. The average molecular weight is 410 g/mol. The summed E-state index contributed by atoms with van der Waals surface area (Å²) in [4.78, 5) is 42.5. The summed E-state index contributed by atoms with van der Waals surface area (Å²) < 4.78 is 0. The normalized spacial score (nSPS) is 28.7. The van der Waals surface area contributed by atoms with Gasteiger partial charge in [-0.2, -0.15) is 5.26 Å². The van der Waals surface area contributed by atoms with E-state index in [1.807, 2.05) is 25.1 Å². The molecule has 2 aromatic rings. The summed E-state index contributed by atoms with van der Waals surface area (Å²) in [5, 5.41) is 9.37. The fourth-order valence-corrected chi connectivity index (χ4v) is 5.03. The van der Waals surface area contributed by atoms with Gasteiger partial charge in [0.1, 0.15) is 17.9 Å². The SMILES string of the molecule is Cc1ccc(N2C(=O)[C@@H]3[C@@H](C2=O)[C@@H](C(=O)c2ccccc2)[NH+]2C=CC(C#N)=C[C@H]32)cc1. The number of ketones is 1. The van der Waals surface area contributed by atoms with Gasteiger partial charge in [-0.05, 0) is 25.1 Å². The van der Waals surface area contributed by atoms with Gasteiger partial charge in [0.25, 0.3) is 0 Å². The lowest BCUT2D eigenvalue weighted by molar-refractivity contribution is -0.871. The number of quaternary nitrogens is 1. The molecule has 0 aliphatic carbocycles. The molecule has 2 aromatic carbocycles. The Morgan fingerprint density at radius 1 is 1.00 bits per heavy atom. The van der Waals surface area contributed by atoms with Crippen molar-refractivity contribution in [3.8, 4) is 6.07 Å². The van der Waals surface area contributed by atoms with E-state index in [2.05, 4.69) is 6.07 Å². The number of anilines is 1. The maximum absolute atomic E-state index is 13.6. The Morgan fingerprint density at radius 2 is 1.68 bits per heavy atom. The number of amides is 2. The number of carbonyl (C=O) groups excluding carboxylic acids is 3. The van der Waals surface area contributed by atoms with E-state index in [0.29, 0.717) is 16.8 Å². The fourth-order valence-electron chi connectivity index (χ4n) is 5.03. The Hall–Kier alpha value is -3.82. The van der Waals surface area contributed by atoms with Gasteiger partial charge in [0.2, 0.25) is 17.6 Å². The number of nitriles is 1. The second-order valence-corrected chi connectivity index (χ2v) is 8.20. The van der Waals surface area contributed by atoms with E-state index in [1.165, 1.54) is 4.90 Å².